The lowest BCUT2D eigenvalue weighted by Gasteiger charge is -2.44. The lowest BCUT2D eigenvalue weighted by molar-refractivity contribution is 0.0880. The summed E-state index contributed by atoms with van der Waals surface area (Å²) in [5.41, 5.74) is 1.70. The average molecular weight is 260 g/mol. The van der Waals surface area contributed by atoms with Crippen LogP contribution < -0.4 is 0 Å². The van der Waals surface area contributed by atoms with Crippen LogP contribution in [0.5, 0.6) is 0 Å². The van der Waals surface area contributed by atoms with Crippen LogP contribution >= 0.6 is 0 Å². The van der Waals surface area contributed by atoms with Gasteiger partial charge in [0.2, 0.25) is 0 Å². The third-order valence-electron chi connectivity index (χ3n) is 3.85. The van der Waals surface area contributed by atoms with Crippen LogP contribution in [-0.2, 0) is 4.43 Å². The van der Waals surface area contributed by atoms with Crippen molar-refractivity contribution in [3.63, 3.8) is 0 Å². The fourth-order valence-corrected chi connectivity index (χ4v) is 8.51. The van der Waals surface area contributed by atoms with Gasteiger partial charge in [-0.05, 0) is 16.6 Å². The Morgan fingerprint density at radius 2 is 1.29 bits per heavy atom. The van der Waals surface area contributed by atoms with Crippen LogP contribution in [0.2, 0.25) is 16.6 Å². The summed E-state index contributed by atoms with van der Waals surface area (Å²) in [5.74, 6) is 0. The average Bonchev–Trinajstić information content (AvgIpc) is 2.16. The van der Waals surface area contributed by atoms with Crippen molar-refractivity contribution in [1.29, 1.82) is 0 Å². The van der Waals surface area contributed by atoms with Crippen molar-refractivity contribution in [2.45, 2.75) is 72.0 Å². The van der Waals surface area contributed by atoms with Crippen LogP contribution in [-0.4, -0.2) is 26.6 Å². The van der Waals surface area contributed by atoms with Crippen LogP contribution in [0.3, 0.4) is 0 Å². The predicted octanol–water partition coefficient (Wildman–Crippen LogP) is 4.20. The number of aliphatic hydroxyl groups excluding tert-OH is 1. The molecule has 0 saturated carbocycles. The largest absolute Gasteiger partial charge is 0.415 e. The van der Waals surface area contributed by atoms with E-state index >= 15 is 0 Å². The van der Waals surface area contributed by atoms with Gasteiger partial charge in [0, 0.05) is 12.0 Å². The van der Waals surface area contributed by atoms with Crippen molar-refractivity contribution in [2.24, 2.45) is 5.41 Å². The summed E-state index contributed by atoms with van der Waals surface area (Å²) in [6.07, 6.45) is 0. The molecule has 0 saturated heterocycles. The standard InChI is InChI=1S/C14H32O2Si/c1-11(2)17(12(3)4,13(5)6)16-10-14(7,8)9-15/h11-13,15H,9-10H2,1-8H3. The maximum atomic E-state index is 9.34. The number of aliphatic hydroxyl groups is 1. The van der Waals surface area contributed by atoms with Gasteiger partial charge in [0.05, 0.1) is 6.61 Å². The molecule has 0 aliphatic heterocycles. The maximum absolute atomic E-state index is 9.34. The first-order valence-corrected chi connectivity index (χ1v) is 8.99. The zero-order valence-electron chi connectivity index (χ0n) is 13.0. The molecule has 0 atom stereocenters. The van der Waals surface area contributed by atoms with Gasteiger partial charge in [0.15, 0.2) is 8.32 Å². The van der Waals surface area contributed by atoms with E-state index in [0.29, 0.717) is 23.2 Å². The topological polar surface area (TPSA) is 29.5 Å². The number of hydrogen-bond acceptors (Lipinski definition) is 2. The first kappa shape index (κ1) is 17.1. The number of rotatable bonds is 7. The summed E-state index contributed by atoms with van der Waals surface area (Å²) < 4.78 is 6.45. The van der Waals surface area contributed by atoms with E-state index < -0.39 is 8.32 Å². The maximum Gasteiger partial charge on any atom is 0.200 e. The third-order valence-corrected chi connectivity index (χ3v) is 9.91. The summed E-state index contributed by atoms with van der Waals surface area (Å²) in [4.78, 5) is 0. The SMILES string of the molecule is CC(C)[Si](OCC(C)(C)CO)(C(C)C)C(C)C. The van der Waals surface area contributed by atoms with Gasteiger partial charge in [0.25, 0.3) is 0 Å². The van der Waals surface area contributed by atoms with Gasteiger partial charge >= 0.3 is 0 Å². The minimum Gasteiger partial charge on any atom is -0.415 e. The van der Waals surface area contributed by atoms with Crippen LogP contribution in [0.15, 0.2) is 0 Å². The molecule has 104 valence electrons. The Bertz CT molecular complexity index is 200. The normalized spacial score (nSPS) is 14.1. The van der Waals surface area contributed by atoms with Crippen LogP contribution in [0.4, 0.5) is 0 Å². The summed E-state index contributed by atoms with van der Waals surface area (Å²) >= 11 is 0. The van der Waals surface area contributed by atoms with E-state index in [1.54, 1.807) is 0 Å². The summed E-state index contributed by atoms with van der Waals surface area (Å²) in [6, 6.07) is 0. The molecule has 0 spiro atoms. The van der Waals surface area contributed by atoms with Gasteiger partial charge in [0.1, 0.15) is 0 Å². The summed E-state index contributed by atoms with van der Waals surface area (Å²) in [5, 5.41) is 9.34. The van der Waals surface area contributed by atoms with Gasteiger partial charge in [-0.15, -0.1) is 0 Å². The lowest BCUT2D eigenvalue weighted by Crippen LogP contribution is -2.49. The fraction of sp³-hybridized carbons (Fsp3) is 1.00. The van der Waals surface area contributed by atoms with Gasteiger partial charge in [-0.25, -0.2) is 0 Å². The molecule has 3 heteroatoms. The Labute approximate surface area is 109 Å². The molecule has 17 heavy (non-hydrogen) atoms. The predicted molar refractivity (Wildman–Crippen MR) is 77.9 cm³/mol. The van der Waals surface area contributed by atoms with E-state index in [-0.39, 0.29) is 12.0 Å². The molecule has 0 heterocycles. The first-order valence-electron chi connectivity index (χ1n) is 6.85. The minimum absolute atomic E-state index is 0.128. The van der Waals surface area contributed by atoms with Crippen molar-refractivity contribution in [1.82, 2.24) is 0 Å². The quantitative estimate of drug-likeness (QED) is 0.695. The molecular weight excluding hydrogens is 228 g/mol. The Kier molecular flexibility index (Phi) is 6.40. The smallest absolute Gasteiger partial charge is 0.200 e. The fourth-order valence-electron chi connectivity index (χ4n) is 2.87. The molecule has 0 rings (SSSR count). The molecule has 0 aromatic heterocycles. The zero-order valence-corrected chi connectivity index (χ0v) is 14.0. The van der Waals surface area contributed by atoms with E-state index in [1.165, 1.54) is 0 Å². The van der Waals surface area contributed by atoms with Gasteiger partial charge < -0.3 is 9.53 Å². The summed E-state index contributed by atoms with van der Waals surface area (Å²) in [7, 11) is -1.76. The van der Waals surface area contributed by atoms with Crippen LogP contribution in [0, 0.1) is 5.41 Å². The third kappa shape index (κ3) is 4.07. The molecule has 0 aliphatic carbocycles. The highest BCUT2D eigenvalue weighted by Crippen LogP contribution is 2.43. The Balaban J connectivity index is 4.95. The highest BCUT2D eigenvalue weighted by Gasteiger charge is 2.45. The molecule has 0 fully saturated rings. The van der Waals surface area contributed by atoms with Crippen LogP contribution in [0.25, 0.3) is 0 Å². The molecule has 0 aromatic rings. The van der Waals surface area contributed by atoms with Gasteiger partial charge in [-0.1, -0.05) is 55.4 Å². The molecule has 0 bridgehead atoms. The highest BCUT2D eigenvalue weighted by molar-refractivity contribution is 6.77. The second kappa shape index (κ2) is 6.35. The van der Waals surface area contributed by atoms with E-state index in [0.717, 1.165) is 0 Å². The second-order valence-corrected chi connectivity index (χ2v) is 12.4. The van der Waals surface area contributed by atoms with Crippen molar-refractivity contribution in [3.8, 4) is 0 Å². The highest BCUT2D eigenvalue weighted by atomic mass is 28.4. The first-order chi connectivity index (χ1) is 7.60. The van der Waals surface area contributed by atoms with E-state index in [2.05, 4.69) is 55.4 Å². The molecule has 0 aliphatic rings. The molecule has 0 radical (unpaired) electrons. The Hall–Kier alpha value is 0.137. The van der Waals surface area contributed by atoms with E-state index in [9.17, 15) is 5.11 Å². The molecule has 0 aromatic carbocycles. The molecule has 0 amide bonds. The van der Waals surface area contributed by atoms with Crippen molar-refractivity contribution in [3.05, 3.63) is 0 Å². The Morgan fingerprint density at radius 3 is 1.53 bits per heavy atom. The van der Waals surface area contributed by atoms with Crippen molar-refractivity contribution in [2.75, 3.05) is 13.2 Å². The molecular formula is C14H32O2Si. The zero-order chi connectivity index (χ0) is 13.9. The van der Waals surface area contributed by atoms with Gasteiger partial charge in [-0.3, -0.25) is 0 Å². The van der Waals surface area contributed by atoms with Crippen LogP contribution in [0.1, 0.15) is 55.4 Å². The number of hydrogen-bond donors (Lipinski definition) is 1. The van der Waals surface area contributed by atoms with Gasteiger partial charge in [-0.2, -0.15) is 0 Å². The second-order valence-electron chi connectivity index (χ2n) is 6.93. The monoisotopic (exact) mass is 260 g/mol. The van der Waals surface area contributed by atoms with Crippen molar-refractivity contribution < 1.29 is 9.53 Å². The minimum atomic E-state index is -1.76. The molecule has 0 unspecified atom stereocenters. The lowest BCUT2D eigenvalue weighted by atomic mass is 9.97. The summed E-state index contributed by atoms with van der Waals surface area (Å²) in [6.45, 7) is 18.7. The van der Waals surface area contributed by atoms with E-state index in [1.807, 2.05) is 0 Å². The van der Waals surface area contributed by atoms with E-state index in [4.69, 9.17) is 4.43 Å². The molecule has 2 nitrogen and oxygen atoms in total. The Morgan fingerprint density at radius 1 is 0.941 bits per heavy atom. The molecule has 1 N–H and O–H groups in total. The van der Waals surface area contributed by atoms with Crippen molar-refractivity contribution >= 4 is 8.32 Å².